The number of ether oxygens (including phenoxy) is 1. The van der Waals surface area contributed by atoms with E-state index >= 15 is 0 Å². The van der Waals surface area contributed by atoms with Crippen molar-refractivity contribution in [3.8, 4) is 17.4 Å². The second-order valence-electron chi connectivity index (χ2n) is 4.69. The quantitative estimate of drug-likeness (QED) is 0.544. The molecule has 3 aromatic rings. The number of thioether (sulfide) groups is 1. The third kappa shape index (κ3) is 2.94. The molecule has 22 heavy (non-hydrogen) atoms. The molecule has 0 fully saturated rings. The van der Waals surface area contributed by atoms with E-state index in [1.165, 1.54) is 23.7 Å². The highest BCUT2D eigenvalue weighted by Crippen LogP contribution is 2.27. The fraction of sp³-hybridized carbons (Fsp3) is 0.200. The van der Waals surface area contributed by atoms with E-state index in [0.29, 0.717) is 16.9 Å². The molecule has 0 amide bonds. The Morgan fingerprint density at radius 2 is 2.05 bits per heavy atom. The molecule has 0 bridgehead atoms. The molecule has 0 aliphatic heterocycles. The van der Waals surface area contributed by atoms with Crippen LogP contribution in [-0.2, 0) is 0 Å². The number of hydrogen-bond donors (Lipinski definition) is 0. The van der Waals surface area contributed by atoms with E-state index in [9.17, 15) is 0 Å². The van der Waals surface area contributed by atoms with Gasteiger partial charge >= 0.3 is 0 Å². The van der Waals surface area contributed by atoms with Gasteiger partial charge in [0.2, 0.25) is 5.88 Å². The molecule has 0 atom stereocenters. The molecular weight excluding hydrogens is 298 g/mol. The van der Waals surface area contributed by atoms with E-state index in [1.54, 1.807) is 17.1 Å². The first kappa shape index (κ1) is 14.5. The maximum absolute atomic E-state index is 5.95. The van der Waals surface area contributed by atoms with Gasteiger partial charge in [-0.15, -0.1) is 0 Å². The minimum absolute atomic E-state index is 0.485. The van der Waals surface area contributed by atoms with Crippen molar-refractivity contribution in [3.05, 3.63) is 48.0 Å². The van der Waals surface area contributed by atoms with E-state index in [0.717, 1.165) is 11.3 Å². The fourth-order valence-electron chi connectivity index (χ4n) is 1.93. The van der Waals surface area contributed by atoms with Crippen molar-refractivity contribution >= 4 is 11.8 Å². The van der Waals surface area contributed by atoms with Crippen LogP contribution in [0.2, 0.25) is 0 Å². The number of aryl methyl sites for hydroxylation is 1. The van der Waals surface area contributed by atoms with Crippen LogP contribution >= 0.6 is 11.8 Å². The van der Waals surface area contributed by atoms with Gasteiger partial charge in [-0.2, -0.15) is 10.1 Å². The molecule has 6 nitrogen and oxygen atoms in total. The van der Waals surface area contributed by atoms with Gasteiger partial charge < -0.3 is 4.74 Å². The minimum Gasteiger partial charge on any atom is -0.439 e. The van der Waals surface area contributed by atoms with Crippen molar-refractivity contribution in [3.63, 3.8) is 0 Å². The van der Waals surface area contributed by atoms with Crippen LogP contribution in [0.15, 0.2) is 42.1 Å². The van der Waals surface area contributed by atoms with Gasteiger partial charge in [-0.05, 0) is 37.3 Å². The second-order valence-corrected chi connectivity index (χ2v) is 5.46. The third-order valence-corrected chi connectivity index (χ3v) is 3.82. The summed E-state index contributed by atoms with van der Waals surface area (Å²) in [6.07, 6.45) is 4.97. The number of benzene rings is 1. The molecule has 1 aromatic carbocycles. The van der Waals surface area contributed by atoms with Crippen LogP contribution < -0.4 is 4.74 Å². The highest BCUT2D eigenvalue weighted by Gasteiger charge is 2.10. The molecule has 2 heterocycles. The van der Waals surface area contributed by atoms with Crippen molar-refractivity contribution in [1.29, 1.82) is 0 Å². The van der Waals surface area contributed by atoms with Gasteiger partial charge in [0, 0.05) is 6.07 Å². The average Bonchev–Trinajstić information content (AvgIpc) is 3.06. The first-order chi connectivity index (χ1) is 10.7. The van der Waals surface area contributed by atoms with Crippen LogP contribution in [0.3, 0.4) is 0 Å². The van der Waals surface area contributed by atoms with Crippen molar-refractivity contribution in [2.45, 2.75) is 19.0 Å². The molecule has 0 unspecified atom stereocenters. The molecule has 0 spiro atoms. The van der Waals surface area contributed by atoms with Crippen molar-refractivity contribution in [1.82, 2.24) is 24.7 Å². The minimum atomic E-state index is 0.485. The predicted octanol–water partition coefficient (Wildman–Crippen LogP) is 3.19. The van der Waals surface area contributed by atoms with Crippen LogP contribution in [-0.4, -0.2) is 31.0 Å². The van der Waals surface area contributed by atoms with Crippen molar-refractivity contribution in [2.75, 3.05) is 6.26 Å². The van der Waals surface area contributed by atoms with Gasteiger partial charge in [0.25, 0.3) is 0 Å². The van der Waals surface area contributed by atoms with Crippen molar-refractivity contribution in [2.24, 2.45) is 0 Å². The summed E-state index contributed by atoms with van der Waals surface area (Å²) in [5.74, 6) is 1.89. The van der Waals surface area contributed by atoms with Crippen LogP contribution in [0.5, 0.6) is 11.6 Å². The lowest BCUT2D eigenvalue weighted by atomic mass is 10.1. The molecule has 7 heteroatoms. The smallest absolute Gasteiger partial charge is 0.225 e. The second kappa shape index (κ2) is 6.15. The summed E-state index contributed by atoms with van der Waals surface area (Å²) in [4.78, 5) is 12.7. The molecule has 2 aromatic heterocycles. The number of aromatic nitrogens is 5. The fourth-order valence-corrected chi connectivity index (χ4v) is 2.29. The summed E-state index contributed by atoms with van der Waals surface area (Å²) >= 11 is 1.45. The van der Waals surface area contributed by atoms with Crippen LogP contribution in [0, 0.1) is 13.8 Å². The Bertz CT molecular complexity index is 789. The van der Waals surface area contributed by atoms with E-state index < -0.39 is 0 Å². The summed E-state index contributed by atoms with van der Waals surface area (Å²) in [6.45, 7) is 4.08. The Kier molecular flexibility index (Phi) is 4.06. The Morgan fingerprint density at radius 3 is 2.77 bits per heavy atom. The molecule has 112 valence electrons. The number of rotatable bonds is 4. The Hall–Kier alpha value is -2.41. The summed E-state index contributed by atoms with van der Waals surface area (Å²) in [5, 5.41) is 4.71. The number of hydrogen-bond acceptors (Lipinski definition) is 6. The van der Waals surface area contributed by atoms with Gasteiger partial charge in [-0.25, -0.2) is 14.6 Å². The zero-order valence-electron chi connectivity index (χ0n) is 12.5. The molecular formula is C15H15N5OS. The van der Waals surface area contributed by atoms with Gasteiger partial charge in [-0.3, -0.25) is 0 Å². The van der Waals surface area contributed by atoms with E-state index in [-0.39, 0.29) is 0 Å². The predicted molar refractivity (Wildman–Crippen MR) is 84.7 cm³/mol. The zero-order chi connectivity index (χ0) is 15.5. The van der Waals surface area contributed by atoms with Gasteiger partial charge in [0.05, 0.1) is 0 Å². The molecule has 3 rings (SSSR count). The van der Waals surface area contributed by atoms with E-state index in [4.69, 9.17) is 4.74 Å². The maximum atomic E-state index is 5.95. The normalized spacial score (nSPS) is 10.7. The summed E-state index contributed by atoms with van der Waals surface area (Å²) in [6, 6.07) is 7.69. The third-order valence-electron chi connectivity index (χ3n) is 3.27. The summed E-state index contributed by atoms with van der Waals surface area (Å²) in [5.41, 5.74) is 2.27. The lowest BCUT2D eigenvalue weighted by Gasteiger charge is -2.11. The highest BCUT2D eigenvalue weighted by atomic mass is 32.2. The molecule has 0 N–H and O–H groups in total. The first-order valence-corrected chi connectivity index (χ1v) is 7.92. The van der Waals surface area contributed by atoms with E-state index in [2.05, 4.69) is 33.0 Å². The molecule has 0 aliphatic rings. The zero-order valence-corrected chi connectivity index (χ0v) is 13.3. The molecule has 0 radical (unpaired) electrons. The molecule has 0 aliphatic carbocycles. The first-order valence-electron chi connectivity index (χ1n) is 6.69. The topological polar surface area (TPSA) is 65.7 Å². The highest BCUT2D eigenvalue weighted by molar-refractivity contribution is 7.98. The number of nitrogens with zero attached hydrogens (tertiary/aromatic N) is 5. The van der Waals surface area contributed by atoms with E-state index in [1.807, 2.05) is 25.3 Å². The van der Waals surface area contributed by atoms with Crippen LogP contribution in [0.1, 0.15) is 11.1 Å². The summed E-state index contributed by atoms with van der Waals surface area (Å²) in [7, 11) is 0. The standard InChI is InChI=1S/C15H15N5OS/c1-10-5-4-6-12(11(10)2)21-14-7-13(18-15(19-14)22-3)20-9-16-8-17-20/h4-9H,1-3H3. The van der Waals surface area contributed by atoms with Gasteiger partial charge in [0.15, 0.2) is 11.0 Å². The lowest BCUT2D eigenvalue weighted by molar-refractivity contribution is 0.450. The van der Waals surface area contributed by atoms with Gasteiger partial charge in [-0.1, -0.05) is 23.9 Å². The summed E-state index contributed by atoms with van der Waals surface area (Å²) < 4.78 is 7.53. The Labute approximate surface area is 132 Å². The average molecular weight is 313 g/mol. The maximum Gasteiger partial charge on any atom is 0.225 e. The van der Waals surface area contributed by atoms with Crippen LogP contribution in [0.4, 0.5) is 0 Å². The monoisotopic (exact) mass is 313 g/mol. The Balaban J connectivity index is 2.00. The Morgan fingerprint density at radius 1 is 1.18 bits per heavy atom. The van der Waals surface area contributed by atoms with Crippen LogP contribution in [0.25, 0.3) is 5.82 Å². The van der Waals surface area contributed by atoms with Gasteiger partial charge in [0.1, 0.15) is 18.4 Å². The largest absolute Gasteiger partial charge is 0.439 e. The molecule has 0 saturated heterocycles. The van der Waals surface area contributed by atoms with Crippen molar-refractivity contribution < 1.29 is 4.74 Å². The SMILES string of the molecule is CSc1nc(Oc2cccc(C)c2C)cc(-n2cncn2)n1. The lowest BCUT2D eigenvalue weighted by Crippen LogP contribution is -2.02. The molecule has 0 saturated carbocycles.